The SMILES string of the molecule is O=C(O)c1cc(CSc2cnccn2)ccc1F. The average Bonchev–Trinajstić information content (AvgIpc) is 2.38. The number of carbonyl (C=O) groups is 1. The van der Waals surface area contributed by atoms with Crippen LogP contribution in [0.5, 0.6) is 0 Å². The molecular formula is C12H9FN2O2S. The molecule has 2 aromatic rings. The maximum absolute atomic E-state index is 13.2. The summed E-state index contributed by atoms with van der Waals surface area (Å²) in [5, 5.41) is 9.54. The van der Waals surface area contributed by atoms with Gasteiger partial charge in [0.2, 0.25) is 0 Å². The van der Waals surface area contributed by atoms with Crippen LogP contribution in [0.3, 0.4) is 0 Å². The topological polar surface area (TPSA) is 63.1 Å². The van der Waals surface area contributed by atoms with E-state index in [-0.39, 0.29) is 5.56 Å². The van der Waals surface area contributed by atoms with Gasteiger partial charge in [0.05, 0.1) is 11.8 Å². The predicted molar refractivity (Wildman–Crippen MR) is 65.0 cm³/mol. The molecule has 0 aliphatic rings. The first-order chi connectivity index (χ1) is 8.66. The monoisotopic (exact) mass is 264 g/mol. The number of hydrogen-bond acceptors (Lipinski definition) is 4. The normalized spacial score (nSPS) is 10.3. The molecule has 0 saturated heterocycles. The molecule has 0 saturated carbocycles. The van der Waals surface area contributed by atoms with Crippen molar-refractivity contribution in [1.29, 1.82) is 0 Å². The lowest BCUT2D eigenvalue weighted by Crippen LogP contribution is -2.01. The smallest absolute Gasteiger partial charge is 0.338 e. The van der Waals surface area contributed by atoms with Gasteiger partial charge in [0.1, 0.15) is 10.8 Å². The first-order valence-corrected chi connectivity index (χ1v) is 6.06. The van der Waals surface area contributed by atoms with Crippen LogP contribution >= 0.6 is 11.8 Å². The zero-order valence-electron chi connectivity index (χ0n) is 9.21. The van der Waals surface area contributed by atoms with Crippen LogP contribution in [0.15, 0.2) is 41.8 Å². The Hall–Kier alpha value is -1.95. The maximum atomic E-state index is 13.2. The van der Waals surface area contributed by atoms with Crippen molar-refractivity contribution in [3.05, 3.63) is 53.7 Å². The van der Waals surface area contributed by atoms with Crippen molar-refractivity contribution in [3.8, 4) is 0 Å². The average molecular weight is 264 g/mol. The zero-order valence-corrected chi connectivity index (χ0v) is 10.0. The summed E-state index contributed by atoms with van der Waals surface area (Å²) in [7, 11) is 0. The highest BCUT2D eigenvalue weighted by Gasteiger charge is 2.10. The van der Waals surface area contributed by atoms with E-state index in [1.54, 1.807) is 24.7 Å². The van der Waals surface area contributed by atoms with Gasteiger partial charge in [0, 0.05) is 18.1 Å². The van der Waals surface area contributed by atoms with Crippen molar-refractivity contribution in [1.82, 2.24) is 9.97 Å². The summed E-state index contributed by atoms with van der Waals surface area (Å²) in [4.78, 5) is 18.8. The van der Waals surface area contributed by atoms with Crippen LogP contribution in [0.2, 0.25) is 0 Å². The number of thioether (sulfide) groups is 1. The van der Waals surface area contributed by atoms with Gasteiger partial charge in [-0.1, -0.05) is 6.07 Å². The van der Waals surface area contributed by atoms with Gasteiger partial charge in [-0.2, -0.15) is 0 Å². The second kappa shape index (κ2) is 5.59. The molecule has 0 fully saturated rings. The molecule has 4 nitrogen and oxygen atoms in total. The largest absolute Gasteiger partial charge is 0.478 e. The van der Waals surface area contributed by atoms with E-state index in [0.717, 1.165) is 16.7 Å². The zero-order chi connectivity index (χ0) is 13.0. The van der Waals surface area contributed by atoms with Gasteiger partial charge < -0.3 is 5.11 Å². The predicted octanol–water partition coefficient (Wildman–Crippen LogP) is 2.61. The summed E-state index contributed by atoms with van der Waals surface area (Å²) in [6, 6.07) is 4.06. The number of hydrogen-bond donors (Lipinski definition) is 1. The molecule has 1 aromatic carbocycles. The molecule has 0 spiro atoms. The molecule has 0 unspecified atom stereocenters. The molecule has 2 rings (SSSR count). The Morgan fingerprint density at radius 1 is 1.39 bits per heavy atom. The van der Waals surface area contributed by atoms with Crippen LogP contribution < -0.4 is 0 Å². The van der Waals surface area contributed by atoms with Crippen LogP contribution in [0.25, 0.3) is 0 Å². The van der Waals surface area contributed by atoms with Crippen molar-refractivity contribution in [2.75, 3.05) is 0 Å². The van der Waals surface area contributed by atoms with Crippen LogP contribution in [-0.4, -0.2) is 21.0 Å². The third kappa shape index (κ3) is 3.04. The molecule has 0 aliphatic carbocycles. The molecule has 92 valence electrons. The number of carboxylic acids is 1. The Morgan fingerprint density at radius 2 is 2.22 bits per heavy atom. The Kier molecular flexibility index (Phi) is 3.88. The standard InChI is InChI=1S/C12H9FN2O2S/c13-10-2-1-8(5-9(10)12(16)17)7-18-11-6-14-3-4-15-11/h1-6H,7H2,(H,16,17). The highest BCUT2D eigenvalue weighted by molar-refractivity contribution is 7.98. The fourth-order valence-corrected chi connectivity index (χ4v) is 2.11. The van der Waals surface area contributed by atoms with Gasteiger partial charge in [-0.15, -0.1) is 11.8 Å². The fourth-order valence-electron chi connectivity index (χ4n) is 1.34. The number of nitrogens with zero attached hydrogens (tertiary/aromatic N) is 2. The van der Waals surface area contributed by atoms with Gasteiger partial charge >= 0.3 is 5.97 Å². The van der Waals surface area contributed by atoms with Crippen molar-refractivity contribution in [2.45, 2.75) is 10.8 Å². The van der Waals surface area contributed by atoms with E-state index in [1.807, 2.05) is 0 Å². The third-order valence-electron chi connectivity index (χ3n) is 2.19. The number of benzene rings is 1. The Labute approximate surface area is 107 Å². The minimum Gasteiger partial charge on any atom is -0.478 e. The van der Waals surface area contributed by atoms with E-state index in [1.165, 1.54) is 17.8 Å². The minimum absolute atomic E-state index is 0.313. The fraction of sp³-hybridized carbons (Fsp3) is 0.0833. The maximum Gasteiger partial charge on any atom is 0.338 e. The highest BCUT2D eigenvalue weighted by atomic mass is 32.2. The summed E-state index contributed by atoms with van der Waals surface area (Å²) in [5.74, 6) is -1.48. The molecule has 0 aliphatic heterocycles. The van der Waals surface area contributed by atoms with E-state index < -0.39 is 11.8 Å². The van der Waals surface area contributed by atoms with E-state index in [9.17, 15) is 9.18 Å². The van der Waals surface area contributed by atoms with Gasteiger partial charge in [-0.25, -0.2) is 14.2 Å². The summed E-state index contributed by atoms with van der Waals surface area (Å²) >= 11 is 1.41. The molecule has 0 bridgehead atoms. The van der Waals surface area contributed by atoms with Crippen LogP contribution in [-0.2, 0) is 5.75 Å². The second-order valence-corrected chi connectivity index (χ2v) is 4.45. The van der Waals surface area contributed by atoms with Crippen LogP contribution in [0.1, 0.15) is 15.9 Å². The molecule has 18 heavy (non-hydrogen) atoms. The van der Waals surface area contributed by atoms with Gasteiger partial charge in [-0.3, -0.25) is 4.98 Å². The van der Waals surface area contributed by atoms with Crippen LogP contribution in [0.4, 0.5) is 4.39 Å². The first-order valence-electron chi connectivity index (χ1n) is 5.07. The molecule has 1 heterocycles. The molecule has 6 heteroatoms. The summed E-state index contributed by atoms with van der Waals surface area (Å²) in [5.41, 5.74) is 0.414. The molecule has 1 aromatic heterocycles. The third-order valence-corrected chi connectivity index (χ3v) is 3.17. The van der Waals surface area contributed by atoms with Crippen LogP contribution in [0, 0.1) is 5.82 Å². The Balaban J connectivity index is 2.11. The second-order valence-electron chi connectivity index (χ2n) is 3.45. The lowest BCUT2D eigenvalue weighted by Gasteiger charge is -2.03. The number of rotatable bonds is 4. The molecule has 0 atom stereocenters. The number of aromatic nitrogens is 2. The highest BCUT2D eigenvalue weighted by Crippen LogP contribution is 2.21. The number of carboxylic acid groups (broad SMARTS) is 1. The number of aromatic carboxylic acids is 1. The lowest BCUT2D eigenvalue weighted by molar-refractivity contribution is 0.0692. The molecular weight excluding hydrogens is 255 g/mol. The summed E-state index contributed by atoms with van der Waals surface area (Å²) in [6.07, 6.45) is 4.77. The van der Waals surface area contributed by atoms with E-state index in [4.69, 9.17) is 5.11 Å². The quantitative estimate of drug-likeness (QED) is 0.860. The molecule has 1 N–H and O–H groups in total. The van der Waals surface area contributed by atoms with E-state index >= 15 is 0 Å². The van der Waals surface area contributed by atoms with Crippen molar-refractivity contribution in [2.24, 2.45) is 0 Å². The summed E-state index contributed by atoms with van der Waals surface area (Å²) < 4.78 is 13.2. The summed E-state index contributed by atoms with van der Waals surface area (Å²) in [6.45, 7) is 0. The number of halogens is 1. The van der Waals surface area contributed by atoms with Crippen molar-refractivity contribution < 1.29 is 14.3 Å². The molecule has 0 amide bonds. The Bertz CT molecular complexity index is 563. The van der Waals surface area contributed by atoms with Gasteiger partial charge in [0.25, 0.3) is 0 Å². The Morgan fingerprint density at radius 3 is 2.89 bits per heavy atom. The van der Waals surface area contributed by atoms with E-state index in [2.05, 4.69) is 9.97 Å². The van der Waals surface area contributed by atoms with Crippen molar-refractivity contribution in [3.63, 3.8) is 0 Å². The lowest BCUT2D eigenvalue weighted by atomic mass is 10.1. The first kappa shape index (κ1) is 12.5. The van der Waals surface area contributed by atoms with Gasteiger partial charge in [0.15, 0.2) is 0 Å². The van der Waals surface area contributed by atoms with Crippen molar-refractivity contribution >= 4 is 17.7 Å². The minimum atomic E-state index is -1.26. The molecule has 0 radical (unpaired) electrons. The van der Waals surface area contributed by atoms with E-state index in [0.29, 0.717) is 5.75 Å². The van der Waals surface area contributed by atoms with Gasteiger partial charge in [-0.05, 0) is 17.7 Å².